The highest BCUT2D eigenvalue weighted by Crippen LogP contribution is 2.33. The number of carbonyl (C=O) groups excluding carboxylic acids is 1. The summed E-state index contributed by atoms with van der Waals surface area (Å²) in [6, 6.07) is 7.96. The Hall–Kier alpha value is -2.41. The monoisotopic (exact) mass is 398 g/mol. The summed E-state index contributed by atoms with van der Waals surface area (Å²) >= 11 is 0. The zero-order chi connectivity index (χ0) is 20.4. The SMILES string of the molecule is COC(=O)c1ccc(CN2CCC(c3nn(C)c(=O)n3C3CCCC3)CC2)cc1. The van der Waals surface area contributed by atoms with Gasteiger partial charge in [-0.15, -0.1) is 0 Å². The van der Waals surface area contributed by atoms with Gasteiger partial charge in [-0.25, -0.2) is 14.3 Å². The molecule has 0 atom stereocenters. The molecule has 0 bridgehead atoms. The summed E-state index contributed by atoms with van der Waals surface area (Å²) in [6.07, 6.45) is 6.64. The quantitative estimate of drug-likeness (QED) is 0.725. The van der Waals surface area contributed by atoms with Crippen LogP contribution >= 0.6 is 0 Å². The number of hydrogen-bond acceptors (Lipinski definition) is 5. The Kier molecular flexibility index (Phi) is 5.85. The minimum Gasteiger partial charge on any atom is -0.465 e. The summed E-state index contributed by atoms with van der Waals surface area (Å²) in [5.41, 5.74) is 1.81. The number of nitrogens with zero attached hydrogens (tertiary/aromatic N) is 4. The van der Waals surface area contributed by atoms with Crippen molar-refractivity contribution in [3.8, 4) is 0 Å². The first-order valence-electron chi connectivity index (χ1n) is 10.6. The van der Waals surface area contributed by atoms with E-state index in [2.05, 4.69) is 10.00 Å². The smallest absolute Gasteiger partial charge is 0.345 e. The second kappa shape index (κ2) is 8.53. The first kappa shape index (κ1) is 19.9. The maximum Gasteiger partial charge on any atom is 0.345 e. The third-order valence-electron chi connectivity index (χ3n) is 6.41. The van der Waals surface area contributed by atoms with Crippen LogP contribution in [0.4, 0.5) is 0 Å². The fourth-order valence-electron chi connectivity index (χ4n) is 4.75. The molecule has 1 aromatic carbocycles. The molecular weight excluding hydrogens is 368 g/mol. The van der Waals surface area contributed by atoms with Crippen molar-refractivity contribution < 1.29 is 9.53 Å². The minimum absolute atomic E-state index is 0.0417. The second-order valence-electron chi connectivity index (χ2n) is 8.31. The van der Waals surface area contributed by atoms with Crippen LogP contribution in [0.1, 0.15) is 72.2 Å². The van der Waals surface area contributed by atoms with Crippen molar-refractivity contribution in [2.24, 2.45) is 7.05 Å². The lowest BCUT2D eigenvalue weighted by Crippen LogP contribution is -2.34. The molecule has 29 heavy (non-hydrogen) atoms. The molecule has 1 aliphatic carbocycles. The van der Waals surface area contributed by atoms with Gasteiger partial charge >= 0.3 is 11.7 Å². The molecule has 2 aromatic rings. The highest BCUT2D eigenvalue weighted by Gasteiger charge is 2.30. The van der Waals surface area contributed by atoms with Crippen LogP contribution in [0.3, 0.4) is 0 Å². The van der Waals surface area contributed by atoms with Crippen molar-refractivity contribution in [3.05, 3.63) is 51.7 Å². The lowest BCUT2D eigenvalue weighted by molar-refractivity contribution is 0.0600. The van der Waals surface area contributed by atoms with Crippen LogP contribution in [0.5, 0.6) is 0 Å². The summed E-state index contributed by atoms with van der Waals surface area (Å²) in [5, 5.41) is 4.63. The highest BCUT2D eigenvalue weighted by molar-refractivity contribution is 5.89. The van der Waals surface area contributed by atoms with Crippen LogP contribution < -0.4 is 5.69 Å². The molecule has 1 aliphatic heterocycles. The predicted octanol–water partition coefficient (Wildman–Crippen LogP) is 2.86. The standard InChI is InChI=1S/C22H30N4O3/c1-24-22(28)26(19-5-3-4-6-19)20(23-24)17-11-13-25(14-12-17)15-16-7-9-18(10-8-16)21(27)29-2/h7-10,17,19H,3-6,11-15H2,1-2H3. The Balaban J connectivity index is 1.39. The summed E-state index contributed by atoms with van der Waals surface area (Å²) in [7, 11) is 3.17. The molecular formula is C22H30N4O3. The fourth-order valence-corrected chi connectivity index (χ4v) is 4.75. The van der Waals surface area contributed by atoms with Gasteiger partial charge in [-0.1, -0.05) is 25.0 Å². The molecule has 2 fully saturated rings. The number of carbonyl (C=O) groups is 1. The fraction of sp³-hybridized carbons (Fsp3) is 0.591. The number of likely N-dealkylation sites (tertiary alicyclic amines) is 1. The number of rotatable bonds is 5. The van der Waals surface area contributed by atoms with Gasteiger partial charge in [0, 0.05) is 25.6 Å². The van der Waals surface area contributed by atoms with E-state index in [9.17, 15) is 9.59 Å². The molecule has 0 spiro atoms. The number of hydrogen-bond donors (Lipinski definition) is 0. The molecule has 0 amide bonds. The zero-order valence-electron chi connectivity index (χ0n) is 17.3. The van der Waals surface area contributed by atoms with Crippen LogP contribution in [-0.4, -0.2) is 45.4 Å². The maximum absolute atomic E-state index is 12.6. The molecule has 1 saturated carbocycles. The number of esters is 1. The lowest BCUT2D eigenvalue weighted by Gasteiger charge is -2.32. The van der Waals surface area contributed by atoms with Crippen molar-refractivity contribution in [2.45, 2.75) is 57.0 Å². The molecule has 7 heteroatoms. The van der Waals surface area contributed by atoms with E-state index < -0.39 is 0 Å². The summed E-state index contributed by atoms with van der Waals surface area (Å²) < 4.78 is 8.27. The van der Waals surface area contributed by atoms with Crippen molar-refractivity contribution in [1.82, 2.24) is 19.2 Å². The highest BCUT2D eigenvalue weighted by atomic mass is 16.5. The Morgan fingerprint density at radius 3 is 2.38 bits per heavy atom. The van der Waals surface area contributed by atoms with E-state index in [0.717, 1.165) is 51.1 Å². The van der Waals surface area contributed by atoms with Gasteiger partial charge in [-0.2, -0.15) is 5.10 Å². The van der Waals surface area contributed by atoms with E-state index in [-0.39, 0.29) is 11.7 Å². The van der Waals surface area contributed by atoms with Crippen LogP contribution in [0, 0.1) is 0 Å². The molecule has 2 aliphatic rings. The van der Waals surface area contributed by atoms with Crippen LogP contribution in [0.2, 0.25) is 0 Å². The lowest BCUT2D eigenvalue weighted by atomic mass is 9.95. The molecule has 2 heterocycles. The Bertz CT molecular complexity index is 901. The van der Waals surface area contributed by atoms with Crippen molar-refractivity contribution >= 4 is 5.97 Å². The van der Waals surface area contributed by atoms with Crippen LogP contribution in [0.25, 0.3) is 0 Å². The van der Waals surface area contributed by atoms with Gasteiger partial charge in [0.15, 0.2) is 0 Å². The molecule has 156 valence electrons. The third kappa shape index (κ3) is 4.15. The predicted molar refractivity (Wildman–Crippen MR) is 110 cm³/mol. The average molecular weight is 399 g/mol. The first-order chi connectivity index (χ1) is 14.1. The van der Waals surface area contributed by atoms with Crippen molar-refractivity contribution in [2.75, 3.05) is 20.2 Å². The number of aromatic nitrogens is 3. The maximum atomic E-state index is 12.6. The topological polar surface area (TPSA) is 69.4 Å². The van der Waals surface area contributed by atoms with Gasteiger partial charge in [-0.3, -0.25) is 9.47 Å². The van der Waals surface area contributed by atoms with Crippen LogP contribution in [-0.2, 0) is 18.3 Å². The van der Waals surface area contributed by atoms with Gasteiger partial charge in [-0.05, 0) is 56.5 Å². The molecule has 1 saturated heterocycles. The number of benzene rings is 1. The van der Waals surface area contributed by atoms with Crippen LogP contribution in [0.15, 0.2) is 29.1 Å². The Labute approximate surface area is 171 Å². The van der Waals surface area contributed by atoms with Crippen molar-refractivity contribution in [1.29, 1.82) is 0 Å². The molecule has 4 rings (SSSR count). The molecule has 1 aromatic heterocycles. The zero-order valence-corrected chi connectivity index (χ0v) is 17.3. The van der Waals surface area contributed by atoms with Gasteiger partial charge in [0.05, 0.1) is 12.7 Å². The average Bonchev–Trinajstić information content (AvgIpc) is 3.37. The van der Waals surface area contributed by atoms with Gasteiger partial charge in [0.2, 0.25) is 0 Å². The molecule has 0 unspecified atom stereocenters. The number of piperidine rings is 1. The van der Waals surface area contributed by atoms with E-state index in [1.807, 2.05) is 28.8 Å². The molecule has 7 nitrogen and oxygen atoms in total. The molecule has 0 N–H and O–H groups in total. The third-order valence-corrected chi connectivity index (χ3v) is 6.41. The van der Waals surface area contributed by atoms with E-state index in [1.165, 1.54) is 30.2 Å². The number of ether oxygens (including phenoxy) is 1. The first-order valence-corrected chi connectivity index (χ1v) is 10.6. The van der Waals surface area contributed by atoms with Gasteiger partial charge in [0.1, 0.15) is 5.82 Å². The minimum atomic E-state index is -0.305. The van der Waals surface area contributed by atoms with E-state index >= 15 is 0 Å². The number of aryl methyl sites for hydroxylation is 1. The van der Waals surface area contributed by atoms with E-state index in [0.29, 0.717) is 17.5 Å². The van der Waals surface area contributed by atoms with E-state index in [4.69, 9.17) is 4.74 Å². The van der Waals surface area contributed by atoms with Gasteiger partial charge < -0.3 is 4.74 Å². The normalized spacial score (nSPS) is 19.0. The largest absolute Gasteiger partial charge is 0.465 e. The summed E-state index contributed by atoms with van der Waals surface area (Å²) in [5.74, 6) is 1.04. The van der Waals surface area contributed by atoms with Gasteiger partial charge in [0.25, 0.3) is 0 Å². The molecule has 0 radical (unpaired) electrons. The Morgan fingerprint density at radius 2 is 1.76 bits per heavy atom. The van der Waals surface area contributed by atoms with E-state index in [1.54, 1.807) is 7.05 Å². The summed E-state index contributed by atoms with van der Waals surface area (Å²) in [6.45, 7) is 2.84. The van der Waals surface area contributed by atoms with Crippen molar-refractivity contribution in [3.63, 3.8) is 0 Å². The Morgan fingerprint density at radius 1 is 1.10 bits per heavy atom. The second-order valence-corrected chi connectivity index (χ2v) is 8.31. The summed E-state index contributed by atoms with van der Waals surface area (Å²) in [4.78, 5) is 26.6. The number of methoxy groups -OCH3 is 1.